The number of rotatable bonds is 4. The van der Waals surface area contributed by atoms with E-state index in [4.69, 9.17) is 0 Å². The van der Waals surface area contributed by atoms with Crippen molar-refractivity contribution in [3.05, 3.63) is 24.0 Å². The van der Waals surface area contributed by atoms with E-state index in [-0.39, 0.29) is 18.2 Å². The van der Waals surface area contributed by atoms with Crippen LogP contribution in [0, 0.1) is 11.8 Å². The number of aromatic nitrogens is 1. The second kappa shape index (κ2) is 6.25. The van der Waals surface area contributed by atoms with Crippen molar-refractivity contribution in [3.8, 4) is 0 Å². The molecule has 0 aliphatic carbocycles. The number of ketones is 1. The van der Waals surface area contributed by atoms with Gasteiger partial charge in [0.25, 0.3) is 0 Å². The van der Waals surface area contributed by atoms with Crippen molar-refractivity contribution in [2.24, 2.45) is 18.9 Å². The smallest absolute Gasteiger partial charge is 0.222 e. The quantitative estimate of drug-likeness (QED) is 0.793. The van der Waals surface area contributed by atoms with E-state index in [1.807, 2.05) is 30.1 Å². The number of hydrogen-bond acceptors (Lipinski definition) is 2. The highest BCUT2D eigenvalue weighted by Crippen LogP contribution is 2.25. The SMILES string of the molecule is CC(C)C1CCC(=O)N(CC(=O)c2ccn(C)c2)CC1. The summed E-state index contributed by atoms with van der Waals surface area (Å²) in [4.78, 5) is 26.0. The van der Waals surface area contributed by atoms with E-state index in [0.717, 1.165) is 12.8 Å². The van der Waals surface area contributed by atoms with Crippen LogP contribution in [0.3, 0.4) is 0 Å². The molecule has 110 valence electrons. The molecular weight excluding hydrogens is 252 g/mol. The van der Waals surface area contributed by atoms with Gasteiger partial charge < -0.3 is 9.47 Å². The summed E-state index contributed by atoms with van der Waals surface area (Å²) in [5, 5.41) is 0. The van der Waals surface area contributed by atoms with Crippen molar-refractivity contribution in [2.75, 3.05) is 13.1 Å². The topological polar surface area (TPSA) is 42.3 Å². The zero-order valence-corrected chi connectivity index (χ0v) is 12.6. The lowest BCUT2D eigenvalue weighted by molar-refractivity contribution is -0.130. The van der Waals surface area contributed by atoms with Gasteiger partial charge in [0.1, 0.15) is 0 Å². The fraction of sp³-hybridized carbons (Fsp3) is 0.625. The van der Waals surface area contributed by atoms with Crippen LogP contribution < -0.4 is 0 Å². The van der Waals surface area contributed by atoms with Crippen LogP contribution >= 0.6 is 0 Å². The van der Waals surface area contributed by atoms with Crippen LogP contribution in [-0.4, -0.2) is 34.2 Å². The first-order valence-electron chi connectivity index (χ1n) is 7.40. The first kappa shape index (κ1) is 14.8. The molecule has 1 amide bonds. The maximum Gasteiger partial charge on any atom is 0.222 e. The van der Waals surface area contributed by atoms with Crippen LogP contribution in [0.1, 0.15) is 43.5 Å². The molecule has 1 unspecified atom stereocenters. The van der Waals surface area contributed by atoms with E-state index in [0.29, 0.717) is 30.4 Å². The molecule has 2 rings (SSSR count). The lowest BCUT2D eigenvalue weighted by Crippen LogP contribution is -2.35. The molecule has 0 N–H and O–H groups in total. The largest absolute Gasteiger partial charge is 0.357 e. The normalized spacial score (nSPS) is 20.3. The lowest BCUT2D eigenvalue weighted by Gasteiger charge is -2.20. The summed E-state index contributed by atoms with van der Waals surface area (Å²) >= 11 is 0. The Balaban J connectivity index is 1.98. The maximum atomic E-state index is 12.2. The number of carbonyl (C=O) groups is 2. The number of Topliss-reactive ketones (excluding diaryl/α,β-unsaturated/α-hetero) is 1. The average molecular weight is 276 g/mol. The van der Waals surface area contributed by atoms with Gasteiger partial charge in [0.15, 0.2) is 5.78 Å². The molecule has 1 atom stereocenters. The van der Waals surface area contributed by atoms with Crippen LogP contribution in [0.15, 0.2) is 18.5 Å². The molecule has 2 heterocycles. The molecule has 0 saturated carbocycles. The molecule has 0 radical (unpaired) electrons. The van der Waals surface area contributed by atoms with Crippen molar-refractivity contribution < 1.29 is 9.59 Å². The minimum atomic E-state index is 0.0296. The number of nitrogens with zero attached hydrogens (tertiary/aromatic N) is 2. The third-order valence-corrected chi connectivity index (χ3v) is 4.28. The predicted molar refractivity (Wildman–Crippen MR) is 78.5 cm³/mol. The Labute approximate surface area is 120 Å². The lowest BCUT2D eigenvalue weighted by atomic mass is 9.89. The number of hydrogen-bond donors (Lipinski definition) is 0. The van der Waals surface area contributed by atoms with Gasteiger partial charge in [-0.1, -0.05) is 13.8 Å². The minimum Gasteiger partial charge on any atom is -0.357 e. The summed E-state index contributed by atoms with van der Waals surface area (Å²) in [6.07, 6.45) is 6.19. The van der Waals surface area contributed by atoms with Crippen LogP contribution in [-0.2, 0) is 11.8 Å². The number of aryl methyl sites for hydroxylation is 1. The highest BCUT2D eigenvalue weighted by Gasteiger charge is 2.25. The molecule has 4 nitrogen and oxygen atoms in total. The molecule has 1 aliphatic heterocycles. The van der Waals surface area contributed by atoms with Gasteiger partial charge in [-0.15, -0.1) is 0 Å². The van der Waals surface area contributed by atoms with Crippen LogP contribution in [0.2, 0.25) is 0 Å². The van der Waals surface area contributed by atoms with E-state index in [1.165, 1.54) is 0 Å². The highest BCUT2D eigenvalue weighted by molar-refractivity contribution is 5.99. The van der Waals surface area contributed by atoms with Crippen molar-refractivity contribution in [2.45, 2.75) is 33.1 Å². The van der Waals surface area contributed by atoms with Crippen LogP contribution in [0.5, 0.6) is 0 Å². The van der Waals surface area contributed by atoms with Crippen molar-refractivity contribution >= 4 is 11.7 Å². The van der Waals surface area contributed by atoms with E-state index < -0.39 is 0 Å². The Hall–Kier alpha value is -1.58. The fourth-order valence-electron chi connectivity index (χ4n) is 2.82. The first-order chi connectivity index (χ1) is 9.47. The second-order valence-electron chi connectivity index (χ2n) is 6.14. The molecular formula is C16H24N2O2. The Morgan fingerprint density at radius 2 is 2.15 bits per heavy atom. The van der Waals surface area contributed by atoms with Crippen molar-refractivity contribution in [1.29, 1.82) is 0 Å². The van der Waals surface area contributed by atoms with E-state index in [1.54, 1.807) is 4.90 Å². The van der Waals surface area contributed by atoms with E-state index in [9.17, 15) is 9.59 Å². The summed E-state index contributed by atoms with van der Waals surface area (Å²) in [6.45, 7) is 5.34. The standard InChI is InChI=1S/C16H24N2O2/c1-12(2)13-4-5-16(20)18(9-7-13)11-15(19)14-6-8-17(3)10-14/h6,8,10,12-13H,4-5,7,9,11H2,1-3H3. The van der Waals surface area contributed by atoms with Gasteiger partial charge >= 0.3 is 0 Å². The molecule has 0 bridgehead atoms. The Kier molecular flexibility index (Phi) is 4.63. The first-order valence-corrected chi connectivity index (χ1v) is 7.40. The molecule has 1 fully saturated rings. The average Bonchev–Trinajstić information content (AvgIpc) is 2.74. The Morgan fingerprint density at radius 1 is 1.40 bits per heavy atom. The number of likely N-dealkylation sites (tertiary alicyclic amines) is 1. The Bertz CT molecular complexity index is 490. The molecule has 4 heteroatoms. The van der Waals surface area contributed by atoms with Gasteiger partial charge in [-0.25, -0.2) is 0 Å². The third kappa shape index (κ3) is 3.50. The van der Waals surface area contributed by atoms with E-state index >= 15 is 0 Å². The summed E-state index contributed by atoms with van der Waals surface area (Å²) in [6, 6.07) is 1.81. The molecule has 20 heavy (non-hydrogen) atoms. The van der Waals surface area contributed by atoms with Gasteiger partial charge in [0.2, 0.25) is 5.91 Å². The van der Waals surface area contributed by atoms with Gasteiger partial charge in [-0.3, -0.25) is 9.59 Å². The monoisotopic (exact) mass is 276 g/mol. The molecule has 1 aromatic rings. The van der Waals surface area contributed by atoms with Crippen molar-refractivity contribution in [1.82, 2.24) is 9.47 Å². The number of amides is 1. The van der Waals surface area contributed by atoms with Crippen molar-refractivity contribution in [3.63, 3.8) is 0 Å². The molecule has 1 saturated heterocycles. The third-order valence-electron chi connectivity index (χ3n) is 4.28. The predicted octanol–water partition coefficient (Wildman–Crippen LogP) is 2.49. The zero-order chi connectivity index (χ0) is 14.7. The van der Waals surface area contributed by atoms with Crippen LogP contribution in [0.4, 0.5) is 0 Å². The fourth-order valence-corrected chi connectivity index (χ4v) is 2.82. The van der Waals surface area contributed by atoms with Crippen LogP contribution in [0.25, 0.3) is 0 Å². The second-order valence-corrected chi connectivity index (χ2v) is 6.14. The van der Waals surface area contributed by atoms with Gasteiger partial charge in [-0.2, -0.15) is 0 Å². The van der Waals surface area contributed by atoms with Gasteiger partial charge in [-0.05, 0) is 30.7 Å². The van der Waals surface area contributed by atoms with Gasteiger partial charge in [0.05, 0.1) is 6.54 Å². The zero-order valence-electron chi connectivity index (χ0n) is 12.6. The molecule has 1 aromatic heterocycles. The maximum absolute atomic E-state index is 12.2. The number of carbonyl (C=O) groups excluding carboxylic acids is 2. The summed E-state index contributed by atoms with van der Waals surface area (Å²) in [5.74, 6) is 1.35. The molecule has 1 aliphatic rings. The summed E-state index contributed by atoms with van der Waals surface area (Å²) in [7, 11) is 1.89. The highest BCUT2D eigenvalue weighted by atomic mass is 16.2. The molecule has 0 spiro atoms. The van der Waals surface area contributed by atoms with Gasteiger partial charge in [0, 0.05) is 38.0 Å². The summed E-state index contributed by atoms with van der Waals surface area (Å²) < 4.78 is 1.85. The minimum absolute atomic E-state index is 0.0296. The van der Waals surface area contributed by atoms with E-state index in [2.05, 4.69) is 13.8 Å². The molecule has 0 aromatic carbocycles. The Morgan fingerprint density at radius 3 is 2.75 bits per heavy atom. The summed E-state index contributed by atoms with van der Waals surface area (Å²) in [5.41, 5.74) is 0.685.